The average Bonchev–Trinajstić information content (AvgIpc) is 3.34. The number of nitrogens with two attached hydrogens (primary N) is 1. The zero-order valence-corrected chi connectivity index (χ0v) is 13.4. The fraction of sp³-hybridized carbons (Fsp3) is 0.389. The van der Waals surface area contributed by atoms with Crippen molar-refractivity contribution in [2.45, 2.75) is 18.4 Å². The Bertz CT molecular complexity index is 706. The maximum absolute atomic E-state index is 6.19. The molecule has 4 rings (SSSR count). The SMILES string of the molecule is NC(=N[C@@H]1C[C@H]1c1ccc2ccccc2c1)N1CCSCC1. The first-order valence-electron chi connectivity index (χ1n) is 7.96. The van der Waals surface area contributed by atoms with Crippen LogP contribution in [0.15, 0.2) is 47.5 Å². The van der Waals surface area contributed by atoms with Crippen molar-refractivity contribution in [1.29, 1.82) is 0 Å². The van der Waals surface area contributed by atoms with Gasteiger partial charge in [0.25, 0.3) is 0 Å². The molecule has 0 radical (unpaired) electrons. The zero-order chi connectivity index (χ0) is 14.9. The lowest BCUT2D eigenvalue weighted by molar-refractivity contribution is 0.455. The molecule has 0 unspecified atom stereocenters. The van der Waals surface area contributed by atoms with Crippen molar-refractivity contribution in [3.8, 4) is 0 Å². The molecular weight excluding hydrogens is 290 g/mol. The van der Waals surface area contributed by atoms with Crippen LogP contribution in [0, 0.1) is 0 Å². The van der Waals surface area contributed by atoms with Crippen LogP contribution in [0.25, 0.3) is 10.8 Å². The number of nitrogens with zero attached hydrogens (tertiary/aromatic N) is 2. The first-order chi connectivity index (χ1) is 10.8. The number of rotatable bonds is 2. The van der Waals surface area contributed by atoms with E-state index in [1.54, 1.807) is 0 Å². The number of benzene rings is 2. The summed E-state index contributed by atoms with van der Waals surface area (Å²) in [5.74, 6) is 3.61. The first kappa shape index (κ1) is 13.9. The summed E-state index contributed by atoms with van der Waals surface area (Å²) < 4.78 is 0. The molecule has 1 saturated heterocycles. The van der Waals surface area contributed by atoms with Gasteiger partial charge < -0.3 is 10.6 Å². The van der Waals surface area contributed by atoms with Crippen molar-refractivity contribution in [1.82, 2.24) is 4.90 Å². The lowest BCUT2D eigenvalue weighted by Gasteiger charge is -2.27. The minimum atomic E-state index is 0.371. The standard InChI is InChI=1S/C18H21N3S/c19-18(21-7-9-22-10-8-21)20-17-12-16(17)15-6-5-13-3-1-2-4-14(13)11-15/h1-6,11,16-17H,7-10,12H2,(H2,19,20)/t16-,17+/m0/s1. The molecule has 1 aliphatic carbocycles. The van der Waals surface area contributed by atoms with Gasteiger partial charge in [-0.2, -0.15) is 11.8 Å². The smallest absolute Gasteiger partial charge is 0.191 e. The summed E-state index contributed by atoms with van der Waals surface area (Å²) >= 11 is 2.00. The minimum Gasteiger partial charge on any atom is -0.370 e. The van der Waals surface area contributed by atoms with Gasteiger partial charge in [0.15, 0.2) is 5.96 Å². The Morgan fingerprint density at radius 1 is 1.09 bits per heavy atom. The number of aliphatic imine (C=N–C) groups is 1. The molecule has 22 heavy (non-hydrogen) atoms. The molecule has 2 aliphatic rings. The maximum Gasteiger partial charge on any atom is 0.191 e. The minimum absolute atomic E-state index is 0.371. The monoisotopic (exact) mass is 311 g/mol. The van der Waals surface area contributed by atoms with Crippen LogP contribution in [0.2, 0.25) is 0 Å². The molecule has 2 atom stereocenters. The van der Waals surface area contributed by atoms with Gasteiger partial charge in [-0.05, 0) is 22.8 Å². The molecule has 4 heteroatoms. The highest BCUT2D eigenvalue weighted by Gasteiger charge is 2.39. The fourth-order valence-electron chi connectivity index (χ4n) is 3.16. The number of hydrogen-bond acceptors (Lipinski definition) is 2. The van der Waals surface area contributed by atoms with Gasteiger partial charge in [0, 0.05) is 30.5 Å². The van der Waals surface area contributed by atoms with Gasteiger partial charge >= 0.3 is 0 Å². The average molecular weight is 311 g/mol. The molecule has 0 aromatic heterocycles. The van der Waals surface area contributed by atoms with Crippen molar-refractivity contribution in [2.75, 3.05) is 24.6 Å². The topological polar surface area (TPSA) is 41.6 Å². The van der Waals surface area contributed by atoms with Crippen LogP contribution in [-0.2, 0) is 0 Å². The molecule has 2 N–H and O–H groups in total. The highest BCUT2D eigenvalue weighted by Crippen LogP contribution is 2.44. The van der Waals surface area contributed by atoms with Crippen LogP contribution < -0.4 is 5.73 Å². The molecule has 2 aromatic rings. The lowest BCUT2D eigenvalue weighted by atomic mass is 10.0. The van der Waals surface area contributed by atoms with E-state index in [9.17, 15) is 0 Å². The summed E-state index contributed by atoms with van der Waals surface area (Å²) in [6.07, 6.45) is 1.13. The van der Waals surface area contributed by atoms with Gasteiger partial charge in [-0.3, -0.25) is 0 Å². The Kier molecular flexibility index (Phi) is 3.70. The van der Waals surface area contributed by atoms with Crippen molar-refractivity contribution in [3.63, 3.8) is 0 Å². The van der Waals surface area contributed by atoms with Crippen LogP contribution in [0.5, 0.6) is 0 Å². The van der Waals surface area contributed by atoms with E-state index in [0.29, 0.717) is 12.0 Å². The molecule has 0 spiro atoms. The highest BCUT2D eigenvalue weighted by molar-refractivity contribution is 7.99. The Morgan fingerprint density at radius 2 is 1.86 bits per heavy atom. The van der Waals surface area contributed by atoms with Gasteiger partial charge in [0.2, 0.25) is 0 Å². The summed E-state index contributed by atoms with van der Waals surface area (Å²) in [6, 6.07) is 15.7. The molecule has 1 heterocycles. The summed E-state index contributed by atoms with van der Waals surface area (Å²) in [5, 5.41) is 2.62. The second-order valence-corrected chi connectivity index (χ2v) is 7.33. The molecule has 3 nitrogen and oxygen atoms in total. The third kappa shape index (κ3) is 2.80. The van der Waals surface area contributed by atoms with Gasteiger partial charge in [-0.25, -0.2) is 4.99 Å². The van der Waals surface area contributed by atoms with Crippen LogP contribution in [0.3, 0.4) is 0 Å². The summed E-state index contributed by atoms with van der Waals surface area (Å²) in [5.41, 5.74) is 7.58. The summed E-state index contributed by atoms with van der Waals surface area (Å²) in [4.78, 5) is 6.99. The normalized spacial score (nSPS) is 25.5. The second kappa shape index (κ2) is 5.84. The van der Waals surface area contributed by atoms with E-state index in [4.69, 9.17) is 10.7 Å². The Balaban J connectivity index is 1.48. The number of hydrogen-bond donors (Lipinski definition) is 1. The molecule has 1 saturated carbocycles. The third-order valence-corrected chi connectivity index (χ3v) is 5.53. The van der Waals surface area contributed by atoms with E-state index < -0.39 is 0 Å². The highest BCUT2D eigenvalue weighted by atomic mass is 32.2. The molecule has 0 amide bonds. The molecule has 0 bridgehead atoms. The summed E-state index contributed by atoms with van der Waals surface area (Å²) in [6.45, 7) is 2.07. The number of fused-ring (bicyclic) bond motifs is 1. The molecule has 114 valence electrons. The van der Waals surface area contributed by atoms with E-state index in [1.165, 1.54) is 16.3 Å². The Hall–Kier alpha value is -1.68. The van der Waals surface area contributed by atoms with E-state index in [-0.39, 0.29) is 0 Å². The van der Waals surface area contributed by atoms with E-state index >= 15 is 0 Å². The zero-order valence-electron chi connectivity index (χ0n) is 12.6. The molecule has 2 fully saturated rings. The van der Waals surface area contributed by atoms with Crippen LogP contribution >= 0.6 is 11.8 Å². The summed E-state index contributed by atoms with van der Waals surface area (Å²) in [7, 11) is 0. The molecular formula is C18H21N3S. The number of thioether (sulfide) groups is 1. The predicted molar refractivity (Wildman–Crippen MR) is 95.6 cm³/mol. The predicted octanol–water partition coefficient (Wildman–Crippen LogP) is 3.06. The van der Waals surface area contributed by atoms with E-state index in [2.05, 4.69) is 47.4 Å². The molecule has 2 aromatic carbocycles. The van der Waals surface area contributed by atoms with Crippen LogP contribution in [0.1, 0.15) is 17.9 Å². The first-order valence-corrected chi connectivity index (χ1v) is 9.11. The van der Waals surface area contributed by atoms with Gasteiger partial charge in [-0.15, -0.1) is 0 Å². The van der Waals surface area contributed by atoms with Crippen LogP contribution in [0.4, 0.5) is 0 Å². The van der Waals surface area contributed by atoms with Gasteiger partial charge in [-0.1, -0.05) is 42.5 Å². The lowest BCUT2D eigenvalue weighted by Crippen LogP contribution is -2.42. The van der Waals surface area contributed by atoms with Crippen molar-refractivity contribution >= 4 is 28.5 Å². The van der Waals surface area contributed by atoms with E-state index in [1.807, 2.05) is 11.8 Å². The second-order valence-electron chi connectivity index (χ2n) is 6.10. The van der Waals surface area contributed by atoms with Crippen molar-refractivity contribution < 1.29 is 0 Å². The van der Waals surface area contributed by atoms with Gasteiger partial charge in [0.1, 0.15) is 0 Å². The van der Waals surface area contributed by atoms with Crippen molar-refractivity contribution in [2.24, 2.45) is 10.7 Å². The Morgan fingerprint density at radius 3 is 2.68 bits per heavy atom. The third-order valence-electron chi connectivity index (χ3n) is 4.59. The fourth-order valence-corrected chi connectivity index (χ4v) is 4.07. The quantitative estimate of drug-likeness (QED) is 0.684. The molecule has 1 aliphatic heterocycles. The maximum atomic E-state index is 6.19. The number of guanidine groups is 1. The van der Waals surface area contributed by atoms with E-state index in [0.717, 1.165) is 37.0 Å². The van der Waals surface area contributed by atoms with Crippen molar-refractivity contribution in [3.05, 3.63) is 48.0 Å². The Labute approximate surface area is 135 Å². The van der Waals surface area contributed by atoms with Crippen LogP contribution in [-0.4, -0.2) is 41.5 Å². The van der Waals surface area contributed by atoms with Gasteiger partial charge in [0.05, 0.1) is 6.04 Å². The largest absolute Gasteiger partial charge is 0.370 e.